The molecule has 2 rings (SSSR count). The predicted octanol–water partition coefficient (Wildman–Crippen LogP) is 2.14. The molecule has 2 atom stereocenters. The van der Waals surface area contributed by atoms with Gasteiger partial charge < -0.3 is 16.8 Å². The topological polar surface area (TPSA) is 98.2 Å². The Morgan fingerprint density at radius 2 is 2.00 bits per heavy atom. The molecule has 0 aromatic heterocycles. The number of anilines is 1. The molecule has 1 aromatic carbocycles. The monoisotopic (exact) mass is 343 g/mol. The van der Waals surface area contributed by atoms with E-state index < -0.39 is 0 Å². The smallest absolute Gasteiger partial charge is 0.227 e. The number of halogens is 1. The van der Waals surface area contributed by atoms with Crippen molar-refractivity contribution in [3.63, 3.8) is 0 Å². The van der Waals surface area contributed by atoms with Gasteiger partial charge in [0.2, 0.25) is 11.8 Å². The molecule has 22 heavy (non-hydrogen) atoms. The normalized spacial score (nSPS) is 20.2. The van der Waals surface area contributed by atoms with Crippen molar-refractivity contribution in [3.8, 4) is 0 Å². The van der Waals surface area contributed by atoms with Crippen molar-refractivity contribution >= 4 is 41.7 Å². The van der Waals surface area contributed by atoms with E-state index in [9.17, 15) is 9.59 Å². The average molecular weight is 344 g/mol. The minimum absolute atomic E-state index is 0. The number of rotatable bonds is 6. The molecule has 1 aliphatic carbocycles. The molecule has 5 nitrogen and oxygen atoms in total. The van der Waals surface area contributed by atoms with E-state index in [1.807, 2.05) is 24.3 Å². The molecule has 1 aromatic rings. The van der Waals surface area contributed by atoms with Crippen LogP contribution in [-0.2, 0) is 9.59 Å². The van der Waals surface area contributed by atoms with Crippen LogP contribution in [0.25, 0.3) is 0 Å². The SMILES string of the molecule is Cl.NC(=O)CCSc1ccccc1NC(=O)C1CCC(N)C1. The molecule has 0 radical (unpaired) electrons. The highest BCUT2D eigenvalue weighted by molar-refractivity contribution is 7.99. The Hall–Kier alpha value is -1.24. The second-order valence-corrected chi connectivity index (χ2v) is 6.46. The molecule has 2 unspecified atom stereocenters. The minimum atomic E-state index is -0.316. The fourth-order valence-corrected chi connectivity index (χ4v) is 3.42. The van der Waals surface area contributed by atoms with Crippen molar-refractivity contribution in [2.75, 3.05) is 11.1 Å². The van der Waals surface area contributed by atoms with Crippen LogP contribution in [0.5, 0.6) is 0 Å². The maximum absolute atomic E-state index is 12.2. The van der Waals surface area contributed by atoms with E-state index in [0.29, 0.717) is 12.2 Å². The van der Waals surface area contributed by atoms with Crippen LogP contribution in [0.15, 0.2) is 29.2 Å². The van der Waals surface area contributed by atoms with Gasteiger partial charge in [-0.3, -0.25) is 9.59 Å². The lowest BCUT2D eigenvalue weighted by Crippen LogP contribution is -2.23. The van der Waals surface area contributed by atoms with Crippen LogP contribution in [0.1, 0.15) is 25.7 Å². The maximum Gasteiger partial charge on any atom is 0.227 e. The Labute approximate surface area is 141 Å². The summed E-state index contributed by atoms with van der Waals surface area (Å²) in [6.07, 6.45) is 2.84. The quantitative estimate of drug-likeness (QED) is 0.689. The third-order valence-corrected chi connectivity index (χ3v) is 4.67. The van der Waals surface area contributed by atoms with Crippen molar-refractivity contribution in [1.29, 1.82) is 0 Å². The Morgan fingerprint density at radius 3 is 2.64 bits per heavy atom. The zero-order valence-corrected chi connectivity index (χ0v) is 13.9. The van der Waals surface area contributed by atoms with Gasteiger partial charge in [0, 0.05) is 29.0 Å². The van der Waals surface area contributed by atoms with Crippen LogP contribution < -0.4 is 16.8 Å². The predicted molar refractivity (Wildman–Crippen MR) is 92.2 cm³/mol. The van der Waals surface area contributed by atoms with Gasteiger partial charge in [-0.2, -0.15) is 0 Å². The van der Waals surface area contributed by atoms with Gasteiger partial charge >= 0.3 is 0 Å². The molecule has 0 heterocycles. The summed E-state index contributed by atoms with van der Waals surface area (Å²) in [5.41, 5.74) is 11.8. The number of primary amides is 1. The number of amides is 2. The van der Waals surface area contributed by atoms with Crippen LogP contribution in [0.3, 0.4) is 0 Å². The molecule has 7 heteroatoms. The first-order chi connectivity index (χ1) is 10.1. The Kier molecular flexibility index (Phi) is 7.72. The van der Waals surface area contributed by atoms with E-state index in [-0.39, 0.29) is 36.2 Å². The third-order valence-electron chi connectivity index (χ3n) is 3.59. The van der Waals surface area contributed by atoms with E-state index in [1.165, 1.54) is 11.8 Å². The molecule has 122 valence electrons. The van der Waals surface area contributed by atoms with Crippen LogP contribution in [0.2, 0.25) is 0 Å². The summed E-state index contributed by atoms with van der Waals surface area (Å²) >= 11 is 1.52. The first kappa shape index (κ1) is 18.8. The van der Waals surface area contributed by atoms with Crippen molar-refractivity contribution in [3.05, 3.63) is 24.3 Å². The lowest BCUT2D eigenvalue weighted by Gasteiger charge is -2.13. The highest BCUT2D eigenvalue weighted by atomic mass is 35.5. The van der Waals surface area contributed by atoms with Gasteiger partial charge in [0.25, 0.3) is 0 Å². The van der Waals surface area contributed by atoms with Gasteiger partial charge in [0.15, 0.2) is 0 Å². The number of nitrogens with one attached hydrogen (secondary N) is 1. The Balaban J connectivity index is 0.00000242. The number of thioether (sulfide) groups is 1. The number of carbonyl (C=O) groups is 2. The highest BCUT2D eigenvalue weighted by Crippen LogP contribution is 2.30. The highest BCUT2D eigenvalue weighted by Gasteiger charge is 2.28. The van der Waals surface area contributed by atoms with E-state index >= 15 is 0 Å². The van der Waals surface area contributed by atoms with Gasteiger partial charge in [0.05, 0.1) is 5.69 Å². The van der Waals surface area contributed by atoms with E-state index in [2.05, 4.69) is 5.32 Å². The molecule has 1 fully saturated rings. The fourth-order valence-electron chi connectivity index (χ4n) is 2.45. The minimum Gasteiger partial charge on any atom is -0.370 e. The number of nitrogens with two attached hydrogens (primary N) is 2. The summed E-state index contributed by atoms with van der Waals surface area (Å²) in [4.78, 5) is 24.0. The standard InChI is InChI=1S/C15H21N3O2S.ClH/c16-11-6-5-10(9-11)15(20)18-12-3-1-2-4-13(12)21-8-7-14(17)19;/h1-4,10-11H,5-9,16H2,(H2,17,19)(H,18,20);1H. The van der Waals surface area contributed by atoms with Gasteiger partial charge in [-0.15, -0.1) is 24.2 Å². The van der Waals surface area contributed by atoms with Gasteiger partial charge in [0.1, 0.15) is 0 Å². The van der Waals surface area contributed by atoms with Gasteiger partial charge in [-0.1, -0.05) is 12.1 Å². The fraction of sp³-hybridized carbons (Fsp3) is 0.467. The lowest BCUT2D eigenvalue weighted by atomic mass is 10.1. The zero-order chi connectivity index (χ0) is 15.2. The molecule has 0 bridgehead atoms. The summed E-state index contributed by atoms with van der Waals surface area (Å²) in [5, 5.41) is 2.98. The average Bonchev–Trinajstić information content (AvgIpc) is 2.87. The lowest BCUT2D eigenvalue weighted by molar-refractivity contribution is -0.120. The summed E-state index contributed by atoms with van der Waals surface area (Å²) in [6, 6.07) is 7.74. The first-order valence-electron chi connectivity index (χ1n) is 7.13. The van der Waals surface area contributed by atoms with Gasteiger partial charge in [-0.25, -0.2) is 0 Å². The summed E-state index contributed by atoms with van der Waals surface area (Å²) in [7, 11) is 0. The Morgan fingerprint density at radius 1 is 1.27 bits per heavy atom. The molecule has 2 amide bonds. The second kappa shape index (κ2) is 9.02. The van der Waals surface area contributed by atoms with Crippen LogP contribution in [0.4, 0.5) is 5.69 Å². The van der Waals surface area contributed by atoms with Crippen LogP contribution in [0, 0.1) is 5.92 Å². The van der Waals surface area contributed by atoms with Crippen molar-refractivity contribution in [1.82, 2.24) is 0 Å². The molecular formula is C15H22ClN3O2S. The number of benzene rings is 1. The molecule has 0 saturated heterocycles. The molecule has 0 aliphatic heterocycles. The molecular weight excluding hydrogens is 322 g/mol. The maximum atomic E-state index is 12.2. The number of hydrogen-bond acceptors (Lipinski definition) is 4. The van der Waals surface area contributed by atoms with Crippen LogP contribution >= 0.6 is 24.2 Å². The number of hydrogen-bond donors (Lipinski definition) is 3. The molecule has 0 spiro atoms. The molecule has 1 saturated carbocycles. The van der Waals surface area contributed by atoms with Gasteiger partial charge in [-0.05, 0) is 31.4 Å². The van der Waals surface area contributed by atoms with E-state index in [4.69, 9.17) is 11.5 Å². The summed E-state index contributed by atoms with van der Waals surface area (Å²) in [6.45, 7) is 0. The third kappa shape index (κ3) is 5.51. The summed E-state index contributed by atoms with van der Waals surface area (Å²) in [5.74, 6) is 0.329. The van der Waals surface area contributed by atoms with E-state index in [0.717, 1.165) is 29.8 Å². The van der Waals surface area contributed by atoms with Crippen molar-refractivity contribution in [2.45, 2.75) is 36.6 Å². The van der Waals surface area contributed by atoms with Crippen molar-refractivity contribution < 1.29 is 9.59 Å². The molecule has 1 aliphatic rings. The van der Waals surface area contributed by atoms with Crippen molar-refractivity contribution in [2.24, 2.45) is 17.4 Å². The number of para-hydroxylation sites is 1. The second-order valence-electron chi connectivity index (χ2n) is 5.32. The molecule has 5 N–H and O–H groups in total. The Bertz CT molecular complexity index is 527. The zero-order valence-electron chi connectivity index (χ0n) is 12.3. The number of carbonyl (C=O) groups excluding carboxylic acids is 2. The summed E-state index contributed by atoms with van der Waals surface area (Å²) < 4.78 is 0. The first-order valence-corrected chi connectivity index (χ1v) is 8.11. The largest absolute Gasteiger partial charge is 0.370 e. The van der Waals surface area contributed by atoms with Crippen LogP contribution in [-0.4, -0.2) is 23.6 Å². The van der Waals surface area contributed by atoms with E-state index in [1.54, 1.807) is 0 Å².